The Morgan fingerprint density at radius 1 is 1.19 bits per heavy atom. The number of alkyl halides is 1. The fourth-order valence-electron chi connectivity index (χ4n) is 2.48. The van der Waals surface area contributed by atoms with Crippen LogP contribution in [0.4, 0.5) is 0 Å². The van der Waals surface area contributed by atoms with Gasteiger partial charge in [0.15, 0.2) is 0 Å². The van der Waals surface area contributed by atoms with Crippen LogP contribution in [0.3, 0.4) is 0 Å². The highest BCUT2D eigenvalue weighted by molar-refractivity contribution is 6.17. The van der Waals surface area contributed by atoms with Gasteiger partial charge in [-0.1, -0.05) is 12.1 Å². The van der Waals surface area contributed by atoms with Gasteiger partial charge in [0.05, 0.1) is 17.0 Å². The molecular weight excluding hydrogens is 282 g/mol. The van der Waals surface area contributed by atoms with Crippen molar-refractivity contribution in [2.45, 2.75) is 19.7 Å². The molecule has 0 bridgehead atoms. The van der Waals surface area contributed by atoms with Gasteiger partial charge in [-0.25, -0.2) is 4.98 Å². The number of nitrogens with zero attached hydrogens (tertiary/aromatic N) is 3. The van der Waals surface area contributed by atoms with Gasteiger partial charge in [-0.3, -0.25) is 4.57 Å². The number of hydrogen-bond acceptors (Lipinski definition) is 2. The van der Waals surface area contributed by atoms with Crippen molar-refractivity contribution in [2.75, 3.05) is 0 Å². The summed E-state index contributed by atoms with van der Waals surface area (Å²) in [7, 11) is 0. The number of rotatable bonds is 2. The fourth-order valence-corrected chi connectivity index (χ4v) is 2.66. The van der Waals surface area contributed by atoms with Crippen LogP contribution in [0.5, 0.6) is 0 Å². The van der Waals surface area contributed by atoms with Crippen LogP contribution in [0.1, 0.15) is 22.5 Å². The van der Waals surface area contributed by atoms with Crippen molar-refractivity contribution in [1.82, 2.24) is 9.55 Å². The summed E-state index contributed by atoms with van der Waals surface area (Å²) in [5.41, 5.74) is 5.66. The van der Waals surface area contributed by atoms with Crippen molar-refractivity contribution in [1.29, 1.82) is 5.26 Å². The molecule has 1 heterocycles. The van der Waals surface area contributed by atoms with Crippen LogP contribution in [-0.4, -0.2) is 9.55 Å². The molecular formula is C17H14ClN3. The van der Waals surface area contributed by atoms with Crippen LogP contribution in [0, 0.1) is 25.2 Å². The first-order chi connectivity index (χ1) is 10.2. The van der Waals surface area contributed by atoms with E-state index in [2.05, 4.69) is 43.1 Å². The minimum atomic E-state index is 0.298. The maximum absolute atomic E-state index is 9.23. The molecule has 2 aromatic carbocycles. The highest BCUT2D eigenvalue weighted by atomic mass is 35.5. The minimum absolute atomic E-state index is 0.298. The Labute approximate surface area is 128 Å². The highest BCUT2D eigenvalue weighted by Gasteiger charge is 2.14. The van der Waals surface area contributed by atoms with E-state index in [0.29, 0.717) is 17.0 Å². The Morgan fingerprint density at radius 3 is 2.67 bits per heavy atom. The summed E-state index contributed by atoms with van der Waals surface area (Å²) in [6.45, 7) is 4.17. The van der Waals surface area contributed by atoms with E-state index in [1.807, 2.05) is 16.7 Å². The molecule has 0 aliphatic rings. The average Bonchev–Trinajstić information content (AvgIpc) is 2.88. The average molecular weight is 296 g/mol. The van der Waals surface area contributed by atoms with E-state index in [0.717, 1.165) is 17.0 Å². The van der Waals surface area contributed by atoms with Crippen LogP contribution in [0.2, 0.25) is 0 Å². The van der Waals surface area contributed by atoms with Crippen LogP contribution in [-0.2, 0) is 5.88 Å². The van der Waals surface area contributed by atoms with Gasteiger partial charge in [0.2, 0.25) is 0 Å². The second kappa shape index (κ2) is 5.23. The van der Waals surface area contributed by atoms with Crippen molar-refractivity contribution in [3.8, 4) is 11.8 Å². The van der Waals surface area contributed by atoms with Crippen molar-refractivity contribution in [3.05, 3.63) is 58.9 Å². The number of para-hydroxylation sites is 1. The Hall–Kier alpha value is -2.31. The van der Waals surface area contributed by atoms with Crippen molar-refractivity contribution in [2.24, 2.45) is 0 Å². The lowest BCUT2D eigenvalue weighted by Crippen LogP contribution is -2.00. The van der Waals surface area contributed by atoms with Gasteiger partial charge in [-0.15, -0.1) is 11.6 Å². The monoisotopic (exact) mass is 295 g/mol. The van der Waals surface area contributed by atoms with E-state index in [4.69, 9.17) is 11.6 Å². The van der Waals surface area contributed by atoms with Crippen molar-refractivity contribution in [3.63, 3.8) is 0 Å². The third kappa shape index (κ3) is 2.18. The molecule has 0 atom stereocenters. The van der Waals surface area contributed by atoms with Gasteiger partial charge in [-0.2, -0.15) is 5.26 Å². The normalized spacial score (nSPS) is 10.8. The fraction of sp³-hybridized carbons (Fsp3) is 0.176. The topological polar surface area (TPSA) is 41.6 Å². The minimum Gasteiger partial charge on any atom is -0.295 e. The lowest BCUT2D eigenvalue weighted by atomic mass is 10.1. The van der Waals surface area contributed by atoms with Gasteiger partial charge in [-0.05, 0) is 49.2 Å². The maximum atomic E-state index is 9.23. The summed E-state index contributed by atoms with van der Waals surface area (Å²) in [5, 5.41) is 9.23. The Bertz CT molecular complexity index is 872. The molecule has 0 aliphatic carbocycles. The van der Waals surface area contributed by atoms with Crippen LogP contribution in [0.15, 0.2) is 36.4 Å². The first-order valence-corrected chi connectivity index (χ1v) is 7.23. The van der Waals surface area contributed by atoms with E-state index >= 15 is 0 Å². The third-order valence-corrected chi connectivity index (χ3v) is 3.98. The largest absolute Gasteiger partial charge is 0.295 e. The first kappa shape index (κ1) is 13.7. The first-order valence-electron chi connectivity index (χ1n) is 6.69. The molecule has 21 heavy (non-hydrogen) atoms. The lowest BCUT2D eigenvalue weighted by Gasteiger charge is -2.10. The quantitative estimate of drug-likeness (QED) is 0.663. The molecule has 0 spiro atoms. The zero-order chi connectivity index (χ0) is 15.0. The summed E-state index contributed by atoms with van der Waals surface area (Å²) >= 11 is 6.05. The number of aryl methyl sites for hydroxylation is 2. The summed E-state index contributed by atoms with van der Waals surface area (Å²) in [6, 6.07) is 14.1. The maximum Gasteiger partial charge on any atom is 0.129 e. The second-order valence-corrected chi connectivity index (χ2v) is 5.32. The lowest BCUT2D eigenvalue weighted by molar-refractivity contribution is 0.978. The van der Waals surface area contributed by atoms with Gasteiger partial charge >= 0.3 is 0 Å². The number of halogens is 1. The Morgan fingerprint density at radius 2 is 2.00 bits per heavy atom. The number of benzene rings is 2. The molecule has 104 valence electrons. The molecule has 1 aromatic heterocycles. The smallest absolute Gasteiger partial charge is 0.129 e. The Balaban J connectivity index is 2.35. The van der Waals surface area contributed by atoms with E-state index in [-0.39, 0.29) is 0 Å². The van der Waals surface area contributed by atoms with Gasteiger partial charge in [0, 0.05) is 5.69 Å². The number of nitriles is 1. The molecule has 4 heteroatoms. The second-order valence-electron chi connectivity index (χ2n) is 5.05. The van der Waals surface area contributed by atoms with Gasteiger partial charge in [0.25, 0.3) is 0 Å². The van der Waals surface area contributed by atoms with Crippen LogP contribution in [0.25, 0.3) is 16.7 Å². The summed E-state index contributed by atoms with van der Waals surface area (Å²) < 4.78 is 2.02. The molecule has 3 nitrogen and oxygen atoms in total. The zero-order valence-corrected chi connectivity index (χ0v) is 12.6. The molecule has 0 N–H and O–H groups in total. The standard InChI is InChI=1S/C17H14ClN3/c1-11-6-7-14(8-12(11)2)21-15-5-3-4-13(10-19)17(15)20-16(21)9-18/h3-8H,9H2,1-2H3. The molecule has 3 rings (SSSR count). The molecule has 0 aliphatic heterocycles. The molecule has 0 radical (unpaired) electrons. The van der Waals surface area contributed by atoms with E-state index in [1.165, 1.54) is 11.1 Å². The SMILES string of the molecule is Cc1ccc(-n2c(CCl)nc3c(C#N)cccc32)cc1C. The Kier molecular flexibility index (Phi) is 3.40. The highest BCUT2D eigenvalue weighted by Crippen LogP contribution is 2.26. The van der Waals surface area contributed by atoms with E-state index < -0.39 is 0 Å². The molecule has 0 unspecified atom stereocenters. The van der Waals surface area contributed by atoms with E-state index in [9.17, 15) is 5.26 Å². The molecule has 0 amide bonds. The molecule has 3 aromatic rings. The number of hydrogen-bond donors (Lipinski definition) is 0. The zero-order valence-electron chi connectivity index (χ0n) is 11.9. The number of imidazole rings is 1. The molecule has 0 saturated heterocycles. The molecule has 0 saturated carbocycles. The number of fused-ring (bicyclic) bond motifs is 1. The molecule has 0 fully saturated rings. The van der Waals surface area contributed by atoms with Gasteiger partial charge < -0.3 is 0 Å². The summed E-state index contributed by atoms with van der Waals surface area (Å²) in [6.07, 6.45) is 0. The van der Waals surface area contributed by atoms with E-state index in [1.54, 1.807) is 6.07 Å². The summed E-state index contributed by atoms with van der Waals surface area (Å²) in [4.78, 5) is 4.54. The van der Waals surface area contributed by atoms with Gasteiger partial charge in [0.1, 0.15) is 17.4 Å². The summed E-state index contributed by atoms with van der Waals surface area (Å²) in [5.74, 6) is 1.05. The van der Waals surface area contributed by atoms with Crippen LogP contribution < -0.4 is 0 Å². The predicted molar refractivity (Wildman–Crippen MR) is 84.8 cm³/mol. The van der Waals surface area contributed by atoms with Crippen molar-refractivity contribution >= 4 is 22.6 Å². The van der Waals surface area contributed by atoms with Crippen molar-refractivity contribution < 1.29 is 0 Å². The number of aromatic nitrogens is 2. The third-order valence-electron chi connectivity index (χ3n) is 3.74. The predicted octanol–water partition coefficient (Wildman–Crippen LogP) is 4.25. The van der Waals surface area contributed by atoms with Crippen LogP contribution >= 0.6 is 11.6 Å².